The Morgan fingerprint density at radius 3 is 2.20 bits per heavy atom. The normalized spacial score (nSPS) is 11.5. The summed E-state index contributed by atoms with van der Waals surface area (Å²) in [5.41, 5.74) is 1.19. The first-order chi connectivity index (χ1) is 14.3. The molecule has 1 atom stereocenters. The van der Waals surface area contributed by atoms with Crippen molar-refractivity contribution < 1.29 is 19.1 Å². The van der Waals surface area contributed by atoms with Gasteiger partial charge in [-0.05, 0) is 38.0 Å². The molecule has 0 heterocycles. The molecule has 30 heavy (non-hydrogen) atoms. The number of hydrogen-bond acceptors (Lipinski definition) is 4. The van der Waals surface area contributed by atoms with E-state index in [1.807, 2.05) is 68.4 Å². The Labute approximate surface area is 184 Å². The molecule has 2 aromatic carbocycles. The number of nitrogens with one attached hydrogen (secondary N) is 1. The number of hydrogen-bond donors (Lipinski definition) is 1. The van der Waals surface area contributed by atoms with E-state index in [-0.39, 0.29) is 18.1 Å². The number of ketones is 1. The molecule has 6 heteroatoms. The van der Waals surface area contributed by atoms with Crippen molar-refractivity contribution in [2.24, 2.45) is 0 Å². The number of benzene rings is 2. The van der Waals surface area contributed by atoms with Gasteiger partial charge in [-0.15, -0.1) is 11.6 Å². The summed E-state index contributed by atoms with van der Waals surface area (Å²) in [4.78, 5) is 24.4. The molecule has 0 radical (unpaired) electrons. The zero-order valence-electron chi connectivity index (χ0n) is 18.4. The van der Waals surface area contributed by atoms with E-state index in [1.54, 1.807) is 20.8 Å². The van der Waals surface area contributed by atoms with Gasteiger partial charge in [0.1, 0.15) is 18.0 Å². The predicted octanol–water partition coefficient (Wildman–Crippen LogP) is 5.54. The van der Waals surface area contributed by atoms with Gasteiger partial charge in [0, 0.05) is 6.42 Å². The lowest BCUT2D eigenvalue weighted by Gasteiger charge is -2.23. The van der Waals surface area contributed by atoms with Crippen molar-refractivity contribution in [2.75, 3.05) is 5.88 Å². The second-order valence-electron chi connectivity index (χ2n) is 7.38. The zero-order valence-corrected chi connectivity index (χ0v) is 19.2. The number of Topliss-reactive ketones (excluding diaryl/α,β-unsaturated/α-hetero) is 1. The smallest absolute Gasteiger partial charge is 0.408 e. The number of ether oxygens (including phenoxy) is 2. The van der Waals surface area contributed by atoms with E-state index in [0.29, 0.717) is 12.4 Å². The third-order valence-corrected chi connectivity index (χ3v) is 4.11. The molecular formula is C24H32ClNO4. The number of para-hydroxylation sites is 1. The Balaban J connectivity index is 0.00000218. The van der Waals surface area contributed by atoms with Crippen molar-refractivity contribution in [3.63, 3.8) is 0 Å². The van der Waals surface area contributed by atoms with Gasteiger partial charge in [0.15, 0.2) is 5.78 Å². The van der Waals surface area contributed by atoms with Gasteiger partial charge in [0.05, 0.1) is 11.9 Å². The van der Waals surface area contributed by atoms with Crippen molar-refractivity contribution in [2.45, 2.75) is 59.3 Å². The number of rotatable bonds is 8. The zero-order chi connectivity index (χ0) is 22.6. The van der Waals surface area contributed by atoms with E-state index in [9.17, 15) is 9.59 Å². The van der Waals surface area contributed by atoms with Crippen LogP contribution < -0.4 is 10.1 Å². The molecule has 2 rings (SSSR count). The average molecular weight is 434 g/mol. The number of alkyl halides is 1. The van der Waals surface area contributed by atoms with Crippen LogP contribution in [-0.4, -0.2) is 29.4 Å². The van der Waals surface area contributed by atoms with Gasteiger partial charge in [-0.3, -0.25) is 4.79 Å². The molecule has 5 nitrogen and oxygen atoms in total. The molecule has 0 aliphatic heterocycles. The van der Waals surface area contributed by atoms with Crippen LogP contribution in [0, 0.1) is 0 Å². The molecule has 0 aliphatic carbocycles. The monoisotopic (exact) mass is 433 g/mol. The van der Waals surface area contributed by atoms with E-state index in [4.69, 9.17) is 21.1 Å². The lowest BCUT2D eigenvalue weighted by Crippen LogP contribution is -2.45. The largest absolute Gasteiger partial charge is 0.489 e. The molecule has 0 spiro atoms. The molecule has 1 unspecified atom stereocenters. The lowest BCUT2D eigenvalue weighted by atomic mass is 10.0. The molecule has 0 bridgehead atoms. The van der Waals surface area contributed by atoms with Crippen LogP contribution in [0.3, 0.4) is 0 Å². The Morgan fingerprint density at radius 2 is 1.60 bits per heavy atom. The van der Waals surface area contributed by atoms with Crippen LogP contribution in [0.5, 0.6) is 5.75 Å². The molecule has 0 aliphatic rings. The van der Waals surface area contributed by atoms with E-state index >= 15 is 0 Å². The molecular weight excluding hydrogens is 402 g/mol. The highest BCUT2D eigenvalue weighted by molar-refractivity contribution is 6.28. The number of carbonyl (C=O) groups excluding carboxylic acids is 2. The minimum absolute atomic E-state index is 0.201. The number of alkyl carbamates (subject to hydrolysis) is 1. The first kappa shape index (κ1) is 25.5. The first-order valence-corrected chi connectivity index (χ1v) is 10.6. The number of amides is 1. The number of carbonyl (C=O) groups is 2. The van der Waals surface area contributed by atoms with Gasteiger partial charge in [0.2, 0.25) is 0 Å². The fourth-order valence-corrected chi connectivity index (χ4v) is 2.74. The standard InChI is InChI=1S/C22H26ClNO4.C2H6/c1-22(2,3)28-21(26)24-18(19(25)14-23)13-17-11-7-8-12-20(17)27-15-16-9-5-4-6-10-16;1-2/h4-12,18H,13-15H2,1-3H3,(H,24,26);1-2H3. The summed E-state index contributed by atoms with van der Waals surface area (Å²) < 4.78 is 11.2. The molecule has 0 aromatic heterocycles. The van der Waals surface area contributed by atoms with E-state index < -0.39 is 17.7 Å². The van der Waals surface area contributed by atoms with Gasteiger partial charge in [-0.2, -0.15) is 0 Å². The van der Waals surface area contributed by atoms with Crippen LogP contribution in [-0.2, 0) is 22.6 Å². The van der Waals surface area contributed by atoms with Crippen LogP contribution >= 0.6 is 11.6 Å². The van der Waals surface area contributed by atoms with Crippen molar-refractivity contribution in [1.82, 2.24) is 5.32 Å². The van der Waals surface area contributed by atoms with Crippen LogP contribution in [0.25, 0.3) is 0 Å². The van der Waals surface area contributed by atoms with E-state index in [2.05, 4.69) is 5.32 Å². The Bertz CT molecular complexity index is 787. The predicted molar refractivity (Wildman–Crippen MR) is 121 cm³/mol. The van der Waals surface area contributed by atoms with Gasteiger partial charge in [0.25, 0.3) is 0 Å². The molecule has 1 amide bonds. The number of halogens is 1. The second kappa shape index (κ2) is 12.9. The highest BCUT2D eigenvalue weighted by atomic mass is 35.5. The molecule has 2 aromatic rings. The Hall–Kier alpha value is -2.53. The highest BCUT2D eigenvalue weighted by Gasteiger charge is 2.25. The van der Waals surface area contributed by atoms with Gasteiger partial charge >= 0.3 is 6.09 Å². The maximum Gasteiger partial charge on any atom is 0.408 e. The van der Waals surface area contributed by atoms with Crippen molar-refractivity contribution >= 4 is 23.5 Å². The maximum absolute atomic E-state index is 12.3. The van der Waals surface area contributed by atoms with Crippen LogP contribution in [0.2, 0.25) is 0 Å². The quantitative estimate of drug-likeness (QED) is 0.555. The SMILES string of the molecule is CC.CC(C)(C)OC(=O)NC(Cc1ccccc1OCc1ccccc1)C(=O)CCl. The summed E-state index contributed by atoms with van der Waals surface area (Å²) in [6, 6.07) is 16.4. The third-order valence-electron chi connectivity index (χ3n) is 3.85. The molecule has 0 fully saturated rings. The van der Waals surface area contributed by atoms with Gasteiger partial charge in [-0.25, -0.2) is 4.79 Å². The van der Waals surface area contributed by atoms with Gasteiger partial charge in [-0.1, -0.05) is 62.4 Å². The second-order valence-corrected chi connectivity index (χ2v) is 7.65. The van der Waals surface area contributed by atoms with Crippen LogP contribution in [0.4, 0.5) is 4.79 Å². The average Bonchev–Trinajstić information content (AvgIpc) is 2.73. The Kier molecular flexibility index (Phi) is 11.0. The Morgan fingerprint density at radius 1 is 1.00 bits per heavy atom. The summed E-state index contributed by atoms with van der Waals surface area (Å²) in [5.74, 6) is 0.170. The van der Waals surface area contributed by atoms with E-state index in [1.165, 1.54) is 0 Å². The van der Waals surface area contributed by atoms with Crippen LogP contribution in [0.1, 0.15) is 45.7 Å². The summed E-state index contributed by atoms with van der Waals surface area (Å²) >= 11 is 5.74. The summed E-state index contributed by atoms with van der Waals surface area (Å²) in [6.07, 6.45) is -0.394. The highest BCUT2D eigenvalue weighted by Crippen LogP contribution is 2.21. The summed E-state index contributed by atoms with van der Waals surface area (Å²) in [7, 11) is 0. The fraction of sp³-hybridized carbons (Fsp3) is 0.417. The molecule has 1 N–H and O–H groups in total. The maximum atomic E-state index is 12.3. The van der Waals surface area contributed by atoms with Crippen molar-refractivity contribution in [1.29, 1.82) is 0 Å². The summed E-state index contributed by atoms with van der Waals surface area (Å²) in [5, 5.41) is 2.62. The third kappa shape index (κ3) is 9.31. The molecule has 0 saturated heterocycles. The topological polar surface area (TPSA) is 64.6 Å². The van der Waals surface area contributed by atoms with Crippen LogP contribution in [0.15, 0.2) is 54.6 Å². The molecule has 164 valence electrons. The lowest BCUT2D eigenvalue weighted by molar-refractivity contribution is -0.118. The van der Waals surface area contributed by atoms with Crippen molar-refractivity contribution in [3.05, 3.63) is 65.7 Å². The molecule has 0 saturated carbocycles. The first-order valence-electron chi connectivity index (χ1n) is 10.1. The van der Waals surface area contributed by atoms with Gasteiger partial charge < -0.3 is 14.8 Å². The van der Waals surface area contributed by atoms with E-state index in [0.717, 1.165) is 11.1 Å². The summed E-state index contributed by atoms with van der Waals surface area (Å²) in [6.45, 7) is 9.69. The fourth-order valence-electron chi connectivity index (χ4n) is 2.56. The van der Waals surface area contributed by atoms with Crippen molar-refractivity contribution in [3.8, 4) is 5.75 Å². The minimum atomic E-state index is -0.797. The minimum Gasteiger partial charge on any atom is -0.489 e.